The Hall–Kier alpha value is -1.65. The van der Waals surface area contributed by atoms with Gasteiger partial charge < -0.3 is 9.67 Å². The van der Waals surface area contributed by atoms with Crippen molar-refractivity contribution in [1.29, 1.82) is 0 Å². The molecule has 1 unspecified atom stereocenters. The summed E-state index contributed by atoms with van der Waals surface area (Å²) in [7, 11) is 0. The maximum absolute atomic E-state index is 11.1. The summed E-state index contributed by atoms with van der Waals surface area (Å²) in [5, 5.41) is 17.9. The highest BCUT2D eigenvalue weighted by Gasteiger charge is 2.32. The molecule has 0 amide bonds. The minimum atomic E-state index is -0.793. The van der Waals surface area contributed by atoms with Gasteiger partial charge in [-0.1, -0.05) is 26.3 Å². The Balaban J connectivity index is 2.17. The summed E-state index contributed by atoms with van der Waals surface area (Å²) < 4.78 is 2.22. The molecule has 1 atom stereocenters. The number of hydrogen-bond acceptors (Lipinski definition) is 3. The normalized spacial score (nSPS) is 16.0. The van der Waals surface area contributed by atoms with E-state index in [1.807, 2.05) is 0 Å². The molecule has 0 saturated heterocycles. The fourth-order valence-corrected chi connectivity index (χ4v) is 2.88. The lowest BCUT2D eigenvalue weighted by Gasteiger charge is -2.15. The van der Waals surface area contributed by atoms with Crippen molar-refractivity contribution in [1.82, 2.24) is 14.8 Å². The molecule has 0 bridgehead atoms. The number of aromatic nitrogens is 3. The van der Waals surface area contributed by atoms with E-state index in [0.717, 1.165) is 37.3 Å². The molecule has 1 heterocycles. The van der Waals surface area contributed by atoms with E-state index < -0.39 is 5.97 Å². The third kappa shape index (κ3) is 4.42. The zero-order valence-corrected chi connectivity index (χ0v) is 13.7. The quantitative estimate of drug-likeness (QED) is 0.669. The minimum absolute atomic E-state index is 0.0862. The van der Waals surface area contributed by atoms with Crippen molar-refractivity contribution in [3.63, 3.8) is 0 Å². The monoisotopic (exact) mass is 305 g/mol. The van der Waals surface area contributed by atoms with Gasteiger partial charge in [0.25, 0.3) is 0 Å². The van der Waals surface area contributed by atoms with Crippen LogP contribution in [0.25, 0.3) is 0 Å². The second kappa shape index (κ2) is 7.56. The van der Waals surface area contributed by atoms with Crippen molar-refractivity contribution in [3.05, 3.63) is 24.3 Å². The van der Waals surface area contributed by atoms with E-state index in [1.165, 1.54) is 6.42 Å². The molecule has 122 valence electrons. The highest BCUT2D eigenvalue weighted by Crippen LogP contribution is 2.39. The molecule has 1 fully saturated rings. The van der Waals surface area contributed by atoms with Crippen LogP contribution in [-0.2, 0) is 11.2 Å². The molecule has 1 aromatic rings. The Labute approximate surface area is 132 Å². The summed E-state index contributed by atoms with van der Waals surface area (Å²) in [5.74, 6) is 1.64. The van der Waals surface area contributed by atoms with E-state index in [-0.39, 0.29) is 12.3 Å². The second-order valence-electron chi connectivity index (χ2n) is 6.68. The number of hydrogen-bond donors (Lipinski definition) is 1. The van der Waals surface area contributed by atoms with Gasteiger partial charge in [-0.15, -0.1) is 16.8 Å². The fourth-order valence-electron chi connectivity index (χ4n) is 2.88. The van der Waals surface area contributed by atoms with Gasteiger partial charge in [-0.05, 0) is 31.6 Å². The van der Waals surface area contributed by atoms with Crippen LogP contribution >= 0.6 is 0 Å². The van der Waals surface area contributed by atoms with Crippen LogP contribution in [-0.4, -0.2) is 25.8 Å². The van der Waals surface area contributed by atoms with Crippen LogP contribution in [0.15, 0.2) is 12.7 Å². The van der Waals surface area contributed by atoms with E-state index >= 15 is 0 Å². The summed E-state index contributed by atoms with van der Waals surface area (Å²) in [6, 6.07) is 0.472. The lowest BCUT2D eigenvalue weighted by atomic mass is 10.0. The summed E-state index contributed by atoms with van der Waals surface area (Å²) in [5.41, 5.74) is 0. The van der Waals surface area contributed by atoms with Crippen LogP contribution < -0.4 is 0 Å². The van der Waals surface area contributed by atoms with E-state index in [2.05, 4.69) is 35.2 Å². The SMILES string of the molecule is C=CCC(CC(=O)O)c1nnc(CCCC(C)C)n1C1CC1. The first-order valence-corrected chi connectivity index (χ1v) is 8.29. The van der Waals surface area contributed by atoms with Crippen molar-refractivity contribution in [2.24, 2.45) is 5.92 Å². The summed E-state index contributed by atoms with van der Waals surface area (Å²) in [6.07, 6.45) is 8.00. The predicted molar refractivity (Wildman–Crippen MR) is 85.9 cm³/mol. The molecular weight excluding hydrogens is 278 g/mol. The Morgan fingerprint density at radius 2 is 2.18 bits per heavy atom. The molecule has 0 spiro atoms. The van der Waals surface area contributed by atoms with Crippen LogP contribution in [0.2, 0.25) is 0 Å². The number of carboxylic acid groups (broad SMARTS) is 1. The van der Waals surface area contributed by atoms with Gasteiger partial charge in [-0.2, -0.15) is 0 Å². The van der Waals surface area contributed by atoms with Gasteiger partial charge in [0.15, 0.2) is 0 Å². The molecule has 5 heteroatoms. The van der Waals surface area contributed by atoms with Gasteiger partial charge in [0.2, 0.25) is 0 Å². The van der Waals surface area contributed by atoms with Crippen LogP contribution in [0.3, 0.4) is 0 Å². The summed E-state index contributed by atoms with van der Waals surface area (Å²) >= 11 is 0. The van der Waals surface area contributed by atoms with E-state index in [1.54, 1.807) is 6.08 Å². The number of allylic oxidation sites excluding steroid dienone is 1. The first-order chi connectivity index (χ1) is 10.5. The molecule has 22 heavy (non-hydrogen) atoms. The third-order valence-electron chi connectivity index (χ3n) is 4.12. The zero-order chi connectivity index (χ0) is 16.1. The third-order valence-corrected chi connectivity index (χ3v) is 4.12. The Kier molecular flexibility index (Phi) is 5.75. The zero-order valence-electron chi connectivity index (χ0n) is 13.7. The van der Waals surface area contributed by atoms with Crippen molar-refractivity contribution < 1.29 is 9.90 Å². The maximum Gasteiger partial charge on any atom is 0.304 e. The van der Waals surface area contributed by atoms with Crippen molar-refractivity contribution in [3.8, 4) is 0 Å². The molecule has 0 radical (unpaired) electrons. The standard InChI is InChI=1S/C17H27N3O2/c1-4-6-13(11-16(21)22)17-19-18-15(8-5-7-12(2)3)20(17)14-9-10-14/h4,12-14H,1,5-11H2,2-3H3,(H,21,22). The van der Waals surface area contributed by atoms with Gasteiger partial charge in [0.1, 0.15) is 11.6 Å². The van der Waals surface area contributed by atoms with Gasteiger partial charge in [-0.3, -0.25) is 4.79 Å². The predicted octanol–water partition coefficient (Wildman–Crippen LogP) is 3.73. The van der Waals surface area contributed by atoms with Gasteiger partial charge in [0.05, 0.1) is 6.42 Å². The molecule has 2 rings (SSSR count). The molecule has 0 aliphatic heterocycles. The molecule has 0 aromatic carbocycles. The highest BCUT2D eigenvalue weighted by molar-refractivity contribution is 5.67. The molecule has 1 aliphatic rings. The highest BCUT2D eigenvalue weighted by atomic mass is 16.4. The lowest BCUT2D eigenvalue weighted by Crippen LogP contribution is -2.13. The fraction of sp³-hybridized carbons (Fsp3) is 0.706. The van der Waals surface area contributed by atoms with E-state index in [0.29, 0.717) is 18.4 Å². The molecule has 5 nitrogen and oxygen atoms in total. The molecule has 1 saturated carbocycles. The maximum atomic E-state index is 11.1. The van der Waals surface area contributed by atoms with Crippen LogP contribution in [0.5, 0.6) is 0 Å². The molecular formula is C17H27N3O2. The van der Waals surface area contributed by atoms with Crippen molar-refractivity contribution in [2.75, 3.05) is 0 Å². The van der Waals surface area contributed by atoms with E-state index in [4.69, 9.17) is 5.11 Å². The molecule has 1 aromatic heterocycles. The van der Waals surface area contributed by atoms with Gasteiger partial charge >= 0.3 is 5.97 Å². The molecule has 1 N–H and O–H groups in total. The van der Waals surface area contributed by atoms with Crippen LogP contribution in [0.1, 0.15) is 76.0 Å². The number of aliphatic carboxylic acids is 1. The largest absolute Gasteiger partial charge is 0.481 e. The number of rotatable bonds is 10. The van der Waals surface area contributed by atoms with Gasteiger partial charge in [0, 0.05) is 18.4 Å². The Morgan fingerprint density at radius 1 is 1.45 bits per heavy atom. The second-order valence-corrected chi connectivity index (χ2v) is 6.68. The average Bonchev–Trinajstić information content (AvgIpc) is 3.18. The first kappa shape index (κ1) is 16.7. The van der Waals surface area contributed by atoms with E-state index in [9.17, 15) is 4.79 Å². The first-order valence-electron chi connectivity index (χ1n) is 8.29. The van der Waals surface area contributed by atoms with Crippen molar-refractivity contribution in [2.45, 2.75) is 70.8 Å². The number of nitrogens with zero attached hydrogens (tertiary/aromatic N) is 3. The number of aryl methyl sites for hydroxylation is 1. The summed E-state index contributed by atoms with van der Waals surface area (Å²) in [6.45, 7) is 8.20. The number of carbonyl (C=O) groups is 1. The Bertz CT molecular complexity index is 518. The van der Waals surface area contributed by atoms with Gasteiger partial charge in [-0.25, -0.2) is 0 Å². The smallest absolute Gasteiger partial charge is 0.304 e. The lowest BCUT2D eigenvalue weighted by molar-refractivity contribution is -0.137. The Morgan fingerprint density at radius 3 is 2.73 bits per heavy atom. The van der Waals surface area contributed by atoms with Crippen LogP contribution in [0.4, 0.5) is 0 Å². The minimum Gasteiger partial charge on any atom is -0.481 e. The topological polar surface area (TPSA) is 68.0 Å². The van der Waals surface area contributed by atoms with Crippen molar-refractivity contribution >= 4 is 5.97 Å². The summed E-state index contributed by atoms with van der Waals surface area (Å²) in [4.78, 5) is 11.1. The number of carboxylic acids is 1. The average molecular weight is 305 g/mol. The molecule has 1 aliphatic carbocycles. The van der Waals surface area contributed by atoms with Crippen LogP contribution in [0, 0.1) is 5.92 Å².